The molecule has 5 nitrogen and oxygen atoms in total. The van der Waals surface area contributed by atoms with Crippen molar-refractivity contribution in [2.24, 2.45) is 0 Å². The van der Waals surface area contributed by atoms with Gasteiger partial charge in [0.2, 0.25) is 5.95 Å². The highest BCUT2D eigenvalue weighted by molar-refractivity contribution is 5.71. The molecule has 0 radical (unpaired) electrons. The van der Waals surface area contributed by atoms with E-state index in [1.165, 1.54) is 18.2 Å². The summed E-state index contributed by atoms with van der Waals surface area (Å²) in [4.78, 5) is 9.12. The van der Waals surface area contributed by atoms with E-state index >= 15 is 0 Å². The maximum absolute atomic E-state index is 12.6. The summed E-state index contributed by atoms with van der Waals surface area (Å²) in [5.74, 6) is 0.720. The molecular weight excluding hydrogens is 405 g/mol. The number of aromatic nitrogens is 2. The molecule has 0 saturated heterocycles. The lowest BCUT2D eigenvalue weighted by Gasteiger charge is -2.16. The third-order valence-corrected chi connectivity index (χ3v) is 4.99. The van der Waals surface area contributed by atoms with Gasteiger partial charge in [0.25, 0.3) is 0 Å². The molecule has 1 aromatic heterocycles. The summed E-state index contributed by atoms with van der Waals surface area (Å²) in [7, 11) is 0. The Hall–Kier alpha value is -3.29. The average Bonchev–Trinajstić information content (AvgIpc) is 3.52. The number of aryl methyl sites for hydroxylation is 2. The highest BCUT2D eigenvalue weighted by Crippen LogP contribution is 2.32. The van der Waals surface area contributed by atoms with Gasteiger partial charge in [0.1, 0.15) is 11.6 Å². The average molecular weight is 428 g/mol. The zero-order chi connectivity index (χ0) is 22.0. The number of alkyl halides is 3. The van der Waals surface area contributed by atoms with Crippen LogP contribution in [0.5, 0.6) is 5.75 Å². The van der Waals surface area contributed by atoms with Gasteiger partial charge in [-0.25, -0.2) is 4.98 Å². The van der Waals surface area contributed by atoms with E-state index in [2.05, 4.69) is 38.3 Å². The summed E-state index contributed by atoms with van der Waals surface area (Å²) < 4.78 is 42.0. The molecule has 1 saturated carbocycles. The molecule has 0 aliphatic heterocycles. The van der Waals surface area contributed by atoms with Crippen LogP contribution >= 0.6 is 0 Å². The molecule has 0 amide bonds. The van der Waals surface area contributed by atoms with E-state index in [4.69, 9.17) is 0 Å². The van der Waals surface area contributed by atoms with Crippen LogP contribution < -0.4 is 15.4 Å². The fraction of sp³-hybridized carbons (Fsp3) is 0.304. The fourth-order valence-electron chi connectivity index (χ4n) is 3.32. The summed E-state index contributed by atoms with van der Waals surface area (Å²) >= 11 is 0. The summed E-state index contributed by atoms with van der Waals surface area (Å²) in [6.07, 6.45) is -1.81. The van der Waals surface area contributed by atoms with Gasteiger partial charge < -0.3 is 15.4 Å². The first-order chi connectivity index (χ1) is 14.8. The molecule has 3 aromatic rings. The molecule has 0 unspecified atom stereocenters. The number of hydrogen-bond acceptors (Lipinski definition) is 5. The number of rotatable bonds is 7. The topological polar surface area (TPSA) is 59.1 Å². The molecule has 4 rings (SSSR count). The minimum absolute atomic E-state index is 0.290. The van der Waals surface area contributed by atoms with E-state index < -0.39 is 6.36 Å². The minimum atomic E-state index is -4.75. The summed E-state index contributed by atoms with van der Waals surface area (Å²) in [6, 6.07) is 13.9. The van der Waals surface area contributed by atoms with Gasteiger partial charge in [-0.3, -0.25) is 0 Å². The van der Waals surface area contributed by atoms with Gasteiger partial charge >= 0.3 is 6.36 Å². The van der Waals surface area contributed by atoms with E-state index in [-0.39, 0.29) is 5.75 Å². The Morgan fingerprint density at radius 3 is 2.55 bits per heavy atom. The van der Waals surface area contributed by atoms with E-state index in [9.17, 15) is 13.2 Å². The van der Waals surface area contributed by atoms with Crippen molar-refractivity contribution >= 4 is 17.5 Å². The molecule has 1 fully saturated rings. The summed E-state index contributed by atoms with van der Waals surface area (Å²) in [5.41, 5.74) is 4.21. The van der Waals surface area contributed by atoms with E-state index in [1.807, 2.05) is 19.1 Å². The van der Waals surface area contributed by atoms with Gasteiger partial charge in [-0.05, 0) is 49.4 Å². The van der Waals surface area contributed by atoms with Crippen LogP contribution in [0.3, 0.4) is 0 Å². The third-order valence-electron chi connectivity index (χ3n) is 4.99. The second-order valence-corrected chi connectivity index (χ2v) is 7.54. The predicted octanol–water partition coefficient (Wildman–Crippen LogP) is 6.23. The van der Waals surface area contributed by atoms with Crippen molar-refractivity contribution in [1.29, 1.82) is 0 Å². The van der Waals surface area contributed by atoms with Gasteiger partial charge in [-0.2, -0.15) is 4.98 Å². The van der Waals surface area contributed by atoms with Gasteiger partial charge in [-0.1, -0.05) is 37.3 Å². The second-order valence-electron chi connectivity index (χ2n) is 7.54. The van der Waals surface area contributed by atoms with Crippen LogP contribution in [0.2, 0.25) is 0 Å². The first kappa shape index (κ1) is 21.0. The fourth-order valence-corrected chi connectivity index (χ4v) is 3.32. The molecule has 162 valence electrons. The van der Waals surface area contributed by atoms with Crippen molar-refractivity contribution in [2.75, 3.05) is 10.6 Å². The molecular formula is C23H23F3N4O. The third kappa shape index (κ3) is 5.45. The quantitative estimate of drug-likeness (QED) is 0.467. The van der Waals surface area contributed by atoms with Crippen molar-refractivity contribution in [2.45, 2.75) is 45.5 Å². The lowest BCUT2D eigenvalue weighted by atomic mass is 10.1. The van der Waals surface area contributed by atoms with Gasteiger partial charge in [-0.15, -0.1) is 13.2 Å². The largest absolute Gasteiger partial charge is 0.573 e. The Bertz CT molecular complexity index is 1080. The number of anilines is 3. The molecule has 1 aliphatic rings. The molecule has 8 heteroatoms. The standard InChI is InChI=1S/C23H23F3N4O/c1-3-15-7-4-6-14(2)21(15)29-20-13-19(28-22(30-20)27-17-10-11-17)16-8-5-9-18(12-16)31-23(24,25)26/h4-9,12-13,17H,3,10-11H2,1-2H3,(H2,27,28,29,30). The van der Waals surface area contributed by atoms with Gasteiger partial charge in [0.05, 0.1) is 5.69 Å². The zero-order valence-corrected chi connectivity index (χ0v) is 17.3. The Morgan fingerprint density at radius 1 is 1.06 bits per heavy atom. The van der Waals surface area contributed by atoms with Gasteiger partial charge in [0.15, 0.2) is 0 Å². The Balaban J connectivity index is 1.71. The smallest absolute Gasteiger partial charge is 0.406 e. The van der Waals surface area contributed by atoms with E-state index in [1.54, 1.807) is 12.1 Å². The van der Waals surface area contributed by atoms with E-state index in [0.29, 0.717) is 29.1 Å². The van der Waals surface area contributed by atoms with Crippen LogP contribution in [0.25, 0.3) is 11.3 Å². The first-order valence-corrected chi connectivity index (χ1v) is 10.2. The number of nitrogens with zero attached hydrogens (tertiary/aromatic N) is 2. The highest BCUT2D eigenvalue weighted by atomic mass is 19.4. The van der Waals surface area contributed by atoms with Gasteiger partial charge in [0, 0.05) is 23.4 Å². The summed E-state index contributed by atoms with van der Waals surface area (Å²) in [6.45, 7) is 4.10. The minimum Gasteiger partial charge on any atom is -0.406 e. The van der Waals surface area contributed by atoms with Crippen molar-refractivity contribution in [3.8, 4) is 17.0 Å². The number of para-hydroxylation sites is 1. The van der Waals surface area contributed by atoms with Crippen LogP contribution in [-0.4, -0.2) is 22.4 Å². The molecule has 2 aromatic carbocycles. The second kappa shape index (κ2) is 8.45. The highest BCUT2D eigenvalue weighted by Gasteiger charge is 2.31. The number of ether oxygens (including phenoxy) is 1. The number of hydrogen-bond donors (Lipinski definition) is 2. The van der Waals surface area contributed by atoms with Crippen molar-refractivity contribution in [1.82, 2.24) is 9.97 Å². The van der Waals surface area contributed by atoms with Crippen molar-refractivity contribution < 1.29 is 17.9 Å². The monoisotopic (exact) mass is 428 g/mol. The molecule has 0 spiro atoms. The van der Waals surface area contributed by atoms with Crippen LogP contribution in [0.15, 0.2) is 48.5 Å². The maximum atomic E-state index is 12.6. The van der Waals surface area contributed by atoms with Crippen molar-refractivity contribution in [3.05, 3.63) is 59.7 Å². The lowest BCUT2D eigenvalue weighted by molar-refractivity contribution is -0.274. The Labute approximate surface area is 178 Å². The molecule has 1 aliphatic carbocycles. The molecule has 1 heterocycles. The number of nitrogens with one attached hydrogen (secondary N) is 2. The van der Waals surface area contributed by atoms with Crippen LogP contribution in [-0.2, 0) is 6.42 Å². The number of benzene rings is 2. The molecule has 31 heavy (non-hydrogen) atoms. The first-order valence-electron chi connectivity index (χ1n) is 10.2. The van der Waals surface area contributed by atoms with Crippen LogP contribution in [0.1, 0.15) is 30.9 Å². The normalized spacial score (nSPS) is 13.7. The van der Waals surface area contributed by atoms with E-state index in [0.717, 1.165) is 36.1 Å². The Kier molecular flexibility index (Phi) is 5.71. The molecule has 2 N–H and O–H groups in total. The van der Waals surface area contributed by atoms with Crippen molar-refractivity contribution in [3.63, 3.8) is 0 Å². The number of halogens is 3. The van der Waals surface area contributed by atoms with Crippen LogP contribution in [0, 0.1) is 6.92 Å². The summed E-state index contributed by atoms with van der Waals surface area (Å²) in [5, 5.41) is 6.66. The molecule has 0 bridgehead atoms. The SMILES string of the molecule is CCc1cccc(C)c1Nc1cc(-c2cccc(OC(F)(F)F)c2)nc(NC2CC2)n1. The molecule has 0 atom stereocenters. The maximum Gasteiger partial charge on any atom is 0.573 e. The predicted molar refractivity (Wildman–Crippen MR) is 115 cm³/mol. The Morgan fingerprint density at radius 2 is 1.84 bits per heavy atom. The zero-order valence-electron chi connectivity index (χ0n) is 17.3. The lowest BCUT2D eigenvalue weighted by Crippen LogP contribution is -2.17. The van der Waals surface area contributed by atoms with Crippen LogP contribution in [0.4, 0.5) is 30.6 Å².